The molecular formula is C34H36N2O7S. The Morgan fingerprint density at radius 1 is 1.09 bits per heavy atom. The van der Waals surface area contributed by atoms with Crippen molar-refractivity contribution < 1.29 is 28.2 Å². The summed E-state index contributed by atoms with van der Waals surface area (Å²) in [4.78, 5) is 47.2. The third-order valence-corrected chi connectivity index (χ3v) is 8.89. The molecule has 5 rings (SSSR count). The Morgan fingerprint density at radius 2 is 1.86 bits per heavy atom. The van der Waals surface area contributed by atoms with Gasteiger partial charge in [0.1, 0.15) is 17.1 Å². The lowest BCUT2D eigenvalue weighted by molar-refractivity contribution is 0.0554. The van der Waals surface area contributed by atoms with Crippen molar-refractivity contribution in [2.45, 2.75) is 59.4 Å². The molecule has 2 aromatic heterocycles. The van der Waals surface area contributed by atoms with Crippen molar-refractivity contribution in [2.75, 3.05) is 25.2 Å². The maximum absolute atomic E-state index is 14.1. The number of methoxy groups -OCH3 is 1. The molecule has 230 valence electrons. The summed E-state index contributed by atoms with van der Waals surface area (Å²) in [6.07, 6.45) is 5.75. The van der Waals surface area contributed by atoms with Gasteiger partial charge < -0.3 is 18.6 Å². The van der Waals surface area contributed by atoms with Crippen molar-refractivity contribution in [3.63, 3.8) is 0 Å². The largest absolute Gasteiger partial charge is 0.493 e. The maximum atomic E-state index is 14.1. The van der Waals surface area contributed by atoms with Gasteiger partial charge in [-0.15, -0.1) is 0 Å². The fraction of sp³-hybridized carbons (Fsp3) is 0.353. The smallest absolute Gasteiger partial charge is 0.350 e. The average molecular weight is 617 g/mol. The zero-order chi connectivity index (χ0) is 31.5. The van der Waals surface area contributed by atoms with Crippen LogP contribution in [0.1, 0.15) is 86.8 Å². The number of rotatable bonds is 12. The number of benzene rings is 2. The van der Waals surface area contributed by atoms with Gasteiger partial charge in [-0.05, 0) is 68.1 Å². The van der Waals surface area contributed by atoms with Crippen LogP contribution < -0.4 is 19.8 Å². The van der Waals surface area contributed by atoms with Crippen LogP contribution in [0.25, 0.3) is 11.0 Å². The average Bonchev–Trinajstić information content (AvgIpc) is 3.53. The molecule has 1 unspecified atom stereocenters. The number of amides is 1. The minimum atomic E-state index is -0.894. The second kappa shape index (κ2) is 13.1. The molecule has 0 bridgehead atoms. The van der Waals surface area contributed by atoms with Gasteiger partial charge in [0.2, 0.25) is 5.76 Å². The minimum Gasteiger partial charge on any atom is -0.493 e. The van der Waals surface area contributed by atoms with Crippen LogP contribution in [0.2, 0.25) is 0 Å². The van der Waals surface area contributed by atoms with Gasteiger partial charge in [0.15, 0.2) is 22.1 Å². The van der Waals surface area contributed by atoms with Crippen LogP contribution in [-0.2, 0) is 4.74 Å². The lowest BCUT2D eigenvalue weighted by Gasteiger charge is -2.23. The van der Waals surface area contributed by atoms with Gasteiger partial charge in [0.05, 0.1) is 36.4 Å². The summed E-state index contributed by atoms with van der Waals surface area (Å²) in [6.45, 7) is 11.8. The van der Waals surface area contributed by atoms with E-state index in [4.69, 9.17) is 18.6 Å². The number of aryl methyl sites for hydroxylation is 3. The van der Waals surface area contributed by atoms with E-state index in [-0.39, 0.29) is 33.4 Å². The summed E-state index contributed by atoms with van der Waals surface area (Å²) in [5.41, 5.74) is 3.10. The maximum Gasteiger partial charge on any atom is 0.350 e. The first-order valence-corrected chi connectivity index (χ1v) is 15.5. The van der Waals surface area contributed by atoms with Crippen LogP contribution in [0.5, 0.6) is 11.5 Å². The third kappa shape index (κ3) is 5.74. The zero-order valence-corrected chi connectivity index (χ0v) is 26.5. The Hall–Kier alpha value is -4.44. The normalized spacial score (nSPS) is 14.2. The molecule has 0 aliphatic carbocycles. The quantitative estimate of drug-likeness (QED) is 0.0932. The fourth-order valence-electron chi connectivity index (χ4n) is 5.30. The number of hydrogen-bond donors (Lipinski definition) is 0. The van der Waals surface area contributed by atoms with Crippen LogP contribution >= 0.6 is 11.3 Å². The Kier molecular flexibility index (Phi) is 9.20. The van der Waals surface area contributed by atoms with E-state index in [2.05, 4.69) is 18.5 Å². The summed E-state index contributed by atoms with van der Waals surface area (Å²) >= 11 is 1.02. The number of esters is 1. The first-order valence-electron chi connectivity index (χ1n) is 14.7. The third-order valence-electron chi connectivity index (χ3n) is 7.75. The highest BCUT2D eigenvalue weighted by Crippen LogP contribution is 2.45. The molecule has 0 radical (unpaired) electrons. The second-order valence-electron chi connectivity index (χ2n) is 10.8. The van der Waals surface area contributed by atoms with Crippen molar-refractivity contribution in [3.8, 4) is 11.5 Å². The highest BCUT2D eigenvalue weighted by atomic mass is 32.1. The molecular weight excluding hydrogens is 580 g/mol. The molecule has 9 nitrogen and oxygen atoms in total. The predicted octanol–water partition coefficient (Wildman–Crippen LogP) is 7.24. The number of carbonyl (C=O) groups excluding carboxylic acids is 2. The highest BCUT2D eigenvalue weighted by Gasteiger charge is 2.45. The van der Waals surface area contributed by atoms with Gasteiger partial charge in [0, 0.05) is 0 Å². The van der Waals surface area contributed by atoms with E-state index < -0.39 is 17.9 Å². The van der Waals surface area contributed by atoms with E-state index in [1.165, 1.54) is 11.0 Å². The van der Waals surface area contributed by atoms with Crippen LogP contribution in [-0.4, -0.2) is 37.2 Å². The van der Waals surface area contributed by atoms with Gasteiger partial charge >= 0.3 is 5.97 Å². The van der Waals surface area contributed by atoms with Crippen molar-refractivity contribution in [2.24, 2.45) is 0 Å². The standard InChI is InChI=1S/C34H36N2O7S/c1-7-9-10-11-15-41-24-13-12-22(18-26(24)40-6)28-27-29(37)23-16-19(3)20(4)17-25(23)43-30(27)32(38)36(28)34-35-21(5)31(44-34)33(39)42-14-8-2/h8,12-13,16-18,28H,2,7,9-11,14-15H2,1,3-6H3. The summed E-state index contributed by atoms with van der Waals surface area (Å²) in [7, 11) is 1.55. The number of anilines is 1. The number of thiazole rings is 1. The highest BCUT2D eigenvalue weighted by molar-refractivity contribution is 7.17. The van der Waals surface area contributed by atoms with Gasteiger partial charge in [0.25, 0.3) is 5.91 Å². The summed E-state index contributed by atoms with van der Waals surface area (Å²) in [5.74, 6) is -0.121. The Balaban J connectivity index is 1.64. The minimum absolute atomic E-state index is 0.0406. The number of carbonyl (C=O) groups is 2. The molecule has 0 N–H and O–H groups in total. The van der Waals surface area contributed by atoms with Crippen LogP contribution in [0.4, 0.5) is 5.13 Å². The topological polar surface area (TPSA) is 108 Å². The van der Waals surface area contributed by atoms with Gasteiger partial charge in [-0.2, -0.15) is 0 Å². The van der Waals surface area contributed by atoms with Gasteiger partial charge in [-0.3, -0.25) is 14.5 Å². The summed E-state index contributed by atoms with van der Waals surface area (Å²) < 4.78 is 23.1. The lowest BCUT2D eigenvalue weighted by atomic mass is 9.97. The Morgan fingerprint density at radius 3 is 2.59 bits per heavy atom. The molecule has 2 aromatic carbocycles. The summed E-state index contributed by atoms with van der Waals surface area (Å²) in [6, 6.07) is 8.04. The molecule has 1 aliphatic heterocycles. The van der Waals surface area contributed by atoms with Crippen molar-refractivity contribution in [1.82, 2.24) is 4.98 Å². The fourth-order valence-corrected chi connectivity index (χ4v) is 6.29. The number of fused-ring (bicyclic) bond motifs is 2. The molecule has 0 saturated carbocycles. The molecule has 4 aromatic rings. The monoisotopic (exact) mass is 616 g/mol. The van der Waals surface area contributed by atoms with Crippen molar-refractivity contribution >= 4 is 39.3 Å². The van der Waals surface area contributed by atoms with E-state index in [9.17, 15) is 14.4 Å². The summed E-state index contributed by atoms with van der Waals surface area (Å²) in [5, 5.41) is 0.620. The Labute approximate surface area is 260 Å². The van der Waals surface area contributed by atoms with Crippen molar-refractivity contribution in [1.29, 1.82) is 0 Å². The zero-order valence-electron chi connectivity index (χ0n) is 25.7. The molecule has 1 amide bonds. The lowest BCUT2D eigenvalue weighted by Crippen LogP contribution is -2.29. The van der Waals surface area contributed by atoms with E-state index in [1.54, 1.807) is 38.3 Å². The van der Waals surface area contributed by atoms with E-state index in [0.717, 1.165) is 48.1 Å². The molecule has 10 heteroatoms. The van der Waals surface area contributed by atoms with E-state index >= 15 is 0 Å². The first-order chi connectivity index (χ1) is 21.2. The molecule has 1 aliphatic rings. The van der Waals surface area contributed by atoms with Crippen LogP contribution in [0.3, 0.4) is 0 Å². The van der Waals surface area contributed by atoms with Gasteiger partial charge in [-0.25, -0.2) is 9.78 Å². The molecule has 44 heavy (non-hydrogen) atoms. The molecule has 3 heterocycles. The van der Waals surface area contributed by atoms with Crippen LogP contribution in [0.15, 0.2) is 52.2 Å². The molecule has 0 fully saturated rings. The van der Waals surface area contributed by atoms with Gasteiger partial charge in [-0.1, -0.05) is 56.2 Å². The molecule has 1 atom stereocenters. The number of hydrogen-bond acceptors (Lipinski definition) is 9. The number of ether oxygens (including phenoxy) is 3. The first kappa shape index (κ1) is 31.0. The predicted molar refractivity (Wildman–Crippen MR) is 171 cm³/mol. The number of nitrogens with zero attached hydrogens (tertiary/aromatic N) is 2. The SMILES string of the molecule is C=CCOC(=O)c1sc(N2C(=O)c3oc4cc(C)c(C)cc4c(=O)c3C2c2ccc(OCCCCCC)c(OC)c2)nc1C. The number of aromatic nitrogens is 1. The Bertz CT molecular complexity index is 1810. The molecule has 0 saturated heterocycles. The second-order valence-corrected chi connectivity index (χ2v) is 11.8. The number of unbranched alkanes of at least 4 members (excludes halogenated alkanes) is 3. The van der Waals surface area contributed by atoms with E-state index in [0.29, 0.717) is 40.3 Å². The van der Waals surface area contributed by atoms with Crippen LogP contribution in [0, 0.1) is 20.8 Å². The van der Waals surface area contributed by atoms with Crippen molar-refractivity contribution in [3.05, 3.63) is 91.8 Å². The van der Waals surface area contributed by atoms with E-state index in [1.807, 2.05) is 19.9 Å². The molecule has 0 spiro atoms.